The third-order valence-electron chi connectivity index (χ3n) is 2.08. The first-order valence-electron chi connectivity index (χ1n) is 4.39. The highest BCUT2D eigenvalue weighted by atomic mass is 79.9. The number of nitrogens with two attached hydrogens (primary N) is 1. The van der Waals surface area contributed by atoms with Crippen molar-refractivity contribution < 1.29 is 22.6 Å². The van der Waals surface area contributed by atoms with Gasteiger partial charge in [-0.2, -0.15) is 13.2 Å². The van der Waals surface area contributed by atoms with Crippen LogP contribution in [0.2, 0.25) is 0 Å². The molecule has 1 heterocycles. The summed E-state index contributed by atoms with van der Waals surface area (Å²) in [6.07, 6.45) is -5.10. The van der Waals surface area contributed by atoms with E-state index in [4.69, 9.17) is 15.2 Å². The topological polar surface area (TPSA) is 57.4 Å². The first-order valence-corrected chi connectivity index (χ1v) is 5.18. The van der Waals surface area contributed by atoms with E-state index in [1.807, 2.05) is 0 Å². The maximum atomic E-state index is 12.8. The molecule has 0 atom stereocenters. The fraction of sp³-hybridized carbons (Fsp3) is 0.444. The number of aromatic nitrogens is 1. The molecule has 17 heavy (non-hydrogen) atoms. The Balaban J connectivity index is 3.46. The summed E-state index contributed by atoms with van der Waals surface area (Å²) in [5.41, 5.74) is 4.14. The summed E-state index contributed by atoms with van der Waals surface area (Å²) in [5, 5.41) is 0. The molecule has 0 aliphatic carbocycles. The molecule has 0 bridgehead atoms. The summed E-state index contributed by atoms with van der Waals surface area (Å²) in [4.78, 5) is 3.52. The van der Waals surface area contributed by atoms with Crippen molar-refractivity contribution in [2.45, 2.75) is 12.5 Å². The molecule has 0 unspecified atom stereocenters. The molecule has 1 aromatic rings. The Morgan fingerprint density at radius 3 is 2.29 bits per heavy atom. The summed E-state index contributed by atoms with van der Waals surface area (Å²) in [7, 11) is 2.45. The molecule has 8 heteroatoms. The number of pyridine rings is 1. The monoisotopic (exact) mass is 314 g/mol. The third-order valence-corrected chi connectivity index (χ3v) is 2.71. The number of anilines is 1. The van der Waals surface area contributed by atoms with Gasteiger partial charge in [0.15, 0.2) is 6.29 Å². The van der Waals surface area contributed by atoms with Gasteiger partial charge in [0.1, 0.15) is 4.60 Å². The van der Waals surface area contributed by atoms with E-state index in [1.165, 1.54) is 14.2 Å². The van der Waals surface area contributed by atoms with Crippen LogP contribution < -0.4 is 5.73 Å². The normalized spacial score (nSPS) is 12.2. The number of ether oxygens (including phenoxy) is 2. The molecule has 96 valence electrons. The van der Waals surface area contributed by atoms with E-state index in [0.29, 0.717) is 6.20 Å². The van der Waals surface area contributed by atoms with Crippen molar-refractivity contribution in [2.24, 2.45) is 0 Å². The third kappa shape index (κ3) is 2.88. The van der Waals surface area contributed by atoms with Gasteiger partial charge >= 0.3 is 6.18 Å². The zero-order valence-corrected chi connectivity index (χ0v) is 10.6. The molecule has 0 saturated heterocycles. The molecular formula is C9H10BrF3N2O2. The van der Waals surface area contributed by atoms with Crippen LogP contribution in [0.4, 0.5) is 18.9 Å². The first-order chi connectivity index (χ1) is 7.82. The van der Waals surface area contributed by atoms with Gasteiger partial charge in [0.25, 0.3) is 0 Å². The van der Waals surface area contributed by atoms with Gasteiger partial charge in [-0.3, -0.25) is 0 Å². The lowest BCUT2D eigenvalue weighted by molar-refractivity contribution is -0.147. The van der Waals surface area contributed by atoms with E-state index >= 15 is 0 Å². The average molecular weight is 315 g/mol. The smallest absolute Gasteiger partial charge is 0.396 e. The molecule has 0 amide bonds. The van der Waals surface area contributed by atoms with Crippen LogP contribution >= 0.6 is 15.9 Å². The minimum atomic E-state index is -4.58. The maximum Gasteiger partial charge on any atom is 0.418 e. The van der Waals surface area contributed by atoms with Crippen LogP contribution in [0.1, 0.15) is 17.4 Å². The number of halogens is 4. The Bertz CT molecular complexity index is 408. The molecule has 1 rings (SSSR count). The molecule has 1 aromatic heterocycles. The molecule has 0 aliphatic rings. The van der Waals surface area contributed by atoms with Gasteiger partial charge in [0.05, 0.1) is 11.3 Å². The van der Waals surface area contributed by atoms with Gasteiger partial charge in [-0.05, 0) is 15.9 Å². The SMILES string of the molecule is COC(OC)c1c(C(F)(F)F)cnc(Br)c1N. The number of methoxy groups -OCH3 is 2. The highest BCUT2D eigenvalue weighted by Crippen LogP contribution is 2.40. The number of hydrogen-bond donors (Lipinski definition) is 1. The Labute approximate surface area is 104 Å². The lowest BCUT2D eigenvalue weighted by Crippen LogP contribution is -2.17. The number of alkyl halides is 3. The molecule has 0 spiro atoms. The molecule has 0 aromatic carbocycles. The maximum absolute atomic E-state index is 12.8. The summed E-state index contributed by atoms with van der Waals surface area (Å²) >= 11 is 2.96. The zero-order chi connectivity index (χ0) is 13.2. The van der Waals surface area contributed by atoms with E-state index in [2.05, 4.69) is 20.9 Å². The van der Waals surface area contributed by atoms with Gasteiger partial charge in [-0.15, -0.1) is 0 Å². The van der Waals surface area contributed by atoms with Gasteiger partial charge in [-0.1, -0.05) is 0 Å². The fourth-order valence-electron chi connectivity index (χ4n) is 1.33. The van der Waals surface area contributed by atoms with Crippen LogP contribution in [0.15, 0.2) is 10.8 Å². The van der Waals surface area contributed by atoms with Gasteiger partial charge in [0.2, 0.25) is 0 Å². The summed E-state index contributed by atoms with van der Waals surface area (Å²) in [6, 6.07) is 0. The second kappa shape index (κ2) is 5.19. The van der Waals surface area contributed by atoms with Crippen LogP contribution in [0.25, 0.3) is 0 Å². The lowest BCUT2D eigenvalue weighted by Gasteiger charge is -2.21. The van der Waals surface area contributed by atoms with E-state index in [0.717, 1.165) is 0 Å². The number of nitrogens with zero attached hydrogens (tertiary/aromatic N) is 1. The van der Waals surface area contributed by atoms with Crippen LogP contribution in [0, 0.1) is 0 Å². The molecule has 0 radical (unpaired) electrons. The first kappa shape index (κ1) is 14.2. The highest BCUT2D eigenvalue weighted by Gasteiger charge is 2.37. The summed E-state index contributed by atoms with van der Waals surface area (Å²) < 4.78 is 48.0. The second-order valence-corrected chi connectivity index (χ2v) is 3.84. The second-order valence-electron chi connectivity index (χ2n) is 3.09. The Hall–Kier alpha value is -0.860. The minimum absolute atomic E-state index is 0.111. The number of hydrogen-bond acceptors (Lipinski definition) is 4. The van der Waals surface area contributed by atoms with E-state index in [1.54, 1.807) is 0 Å². The van der Waals surface area contributed by atoms with Gasteiger partial charge in [-0.25, -0.2) is 4.98 Å². The largest absolute Gasteiger partial charge is 0.418 e. The molecule has 2 N–H and O–H groups in total. The van der Waals surface area contributed by atoms with Crippen molar-refractivity contribution in [1.82, 2.24) is 4.98 Å². The van der Waals surface area contributed by atoms with Crippen molar-refractivity contribution in [2.75, 3.05) is 20.0 Å². The molecule has 0 aliphatic heterocycles. The van der Waals surface area contributed by atoms with Gasteiger partial charge in [0, 0.05) is 26.0 Å². The Morgan fingerprint density at radius 1 is 1.35 bits per heavy atom. The van der Waals surface area contributed by atoms with Crippen molar-refractivity contribution >= 4 is 21.6 Å². The predicted octanol–water partition coefficient (Wildman–Crippen LogP) is 2.74. The summed E-state index contributed by atoms with van der Waals surface area (Å²) in [6.45, 7) is 0. The van der Waals surface area contributed by atoms with Crippen molar-refractivity contribution in [3.8, 4) is 0 Å². The van der Waals surface area contributed by atoms with Crippen LogP contribution in [-0.2, 0) is 15.7 Å². The quantitative estimate of drug-likeness (QED) is 0.688. The number of rotatable bonds is 3. The fourth-order valence-corrected chi connectivity index (χ4v) is 1.64. The summed E-state index contributed by atoms with van der Waals surface area (Å²) in [5.74, 6) is 0. The van der Waals surface area contributed by atoms with Crippen LogP contribution in [-0.4, -0.2) is 19.2 Å². The molecule has 0 saturated carbocycles. The van der Waals surface area contributed by atoms with Crippen molar-refractivity contribution in [3.05, 3.63) is 21.9 Å². The standard InChI is InChI=1S/C9H10BrF3N2O2/c1-16-8(17-2)5-4(9(11,12)13)3-15-7(10)6(5)14/h3,8H,14H2,1-2H3. The molecule has 4 nitrogen and oxygen atoms in total. The van der Waals surface area contributed by atoms with Crippen LogP contribution in [0.3, 0.4) is 0 Å². The number of nitrogen functional groups attached to an aromatic ring is 1. The lowest BCUT2D eigenvalue weighted by atomic mass is 10.1. The average Bonchev–Trinajstić information content (AvgIpc) is 2.24. The zero-order valence-electron chi connectivity index (χ0n) is 9.01. The van der Waals surface area contributed by atoms with Crippen LogP contribution in [0.5, 0.6) is 0 Å². The Kier molecular flexibility index (Phi) is 4.34. The van der Waals surface area contributed by atoms with Crippen molar-refractivity contribution in [3.63, 3.8) is 0 Å². The van der Waals surface area contributed by atoms with E-state index in [-0.39, 0.29) is 15.9 Å². The predicted molar refractivity (Wildman–Crippen MR) is 58.1 cm³/mol. The molecule has 0 fully saturated rings. The van der Waals surface area contributed by atoms with Gasteiger partial charge < -0.3 is 15.2 Å². The van der Waals surface area contributed by atoms with E-state index in [9.17, 15) is 13.2 Å². The minimum Gasteiger partial charge on any atom is -0.396 e. The highest BCUT2D eigenvalue weighted by molar-refractivity contribution is 9.10. The molecular weight excluding hydrogens is 305 g/mol. The van der Waals surface area contributed by atoms with Crippen molar-refractivity contribution in [1.29, 1.82) is 0 Å². The Morgan fingerprint density at radius 2 is 1.88 bits per heavy atom. The van der Waals surface area contributed by atoms with E-state index < -0.39 is 18.0 Å².